The molecule has 0 radical (unpaired) electrons. The molecule has 6 heteroatoms. The van der Waals surface area contributed by atoms with Crippen LogP contribution >= 0.6 is 0 Å². The maximum atomic E-state index is 4.46. The fraction of sp³-hybridized carbons (Fsp3) is 0.167. The molecule has 0 aromatic carbocycles. The largest absolute Gasteiger partial charge is 0.361 e. The fourth-order valence-electron chi connectivity index (χ4n) is 1.80. The van der Waals surface area contributed by atoms with Gasteiger partial charge in [0.05, 0.1) is 0 Å². The first kappa shape index (κ1) is 10.6. The molecule has 0 spiro atoms. The summed E-state index contributed by atoms with van der Waals surface area (Å²) in [5, 5.41) is 0. The SMILES string of the molecule is CN(C)c1ncnc2nc(-c3ccncc3)[nH]c12. The zero-order valence-corrected chi connectivity index (χ0v) is 10.1. The second-order valence-corrected chi connectivity index (χ2v) is 4.11. The number of fused-ring (bicyclic) bond motifs is 1. The normalized spacial score (nSPS) is 10.8. The van der Waals surface area contributed by atoms with Gasteiger partial charge in [-0.15, -0.1) is 0 Å². The molecule has 0 amide bonds. The molecular formula is C12H12N6. The summed E-state index contributed by atoms with van der Waals surface area (Å²) in [6.07, 6.45) is 5.00. The number of H-pyrrole nitrogens is 1. The minimum atomic E-state index is 0.667. The number of pyridine rings is 1. The lowest BCUT2D eigenvalue weighted by atomic mass is 10.2. The molecule has 0 aliphatic rings. The third-order valence-corrected chi connectivity index (χ3v) is 2.65. The van der Waals surface area contributed by atoms with E-state index in [2.05, 4.69) is 24.9 Å². The highest BCUT2D eigenvalue weighted by atomic mass is 15.2. The summed E-state index contributed by atoms with van der Waals surface area (Å²) in [5.41, 5.74) is 2.49. The number of imidazole rings is 1. The Morgan fingerprint density at radius 1 is 1.11 bits per heavy atom. The van der Waals surface area contributed by atoms with E-state index in [9.17, 15) is 0 Å². The number of nitrogens with one attached hydrogen (secondary N) is 1. The Hall–Kier alpha value is -2.50. The van der Waals surface area contributed by atoms with Crippen LogP contribution in [0, 0.1) is 0 Å². The van der Waals surface area contributed by atoms with Gasteiger partial charge >= 0.3 is 0 Å². The van der Waals surface area contributed by atoms with E-state index in [1.54, 1.807) is 12.4 Å². The summed E-state index contributed by atoms with van der Waals surface area (Å²) in [6.45, 7) is 0. The van der Waals surface area contributed by atoms with E-state index >= 15 is 0 Å². The molecular weight excluding hydrogens is 228 g/mol. The van der Waals surface area contributed by atoms with Crippen molar-refractivity contribution < 1.29 is 0 Å². The fourth-order valence-corrected chi connectivity index (χ4v) is 1.80. The van der Waals surface area contributed by atoms with Crippen molar-refractivity contribution in [2.75, 3.05) is 19.0 Å². The predicted molar refractivity (Wildman–Crippen MR) is 69.2 cm³/mol. The zero-order valence-electron chi connectivity index (χ0n) is 10.1. The van der Waals surface area contributed by atoms with Gasteiger partial charge in [0, 0.05) is 32.1 Å². The second kappa shape index (κ2) is 4.06. The minimum Gasteiger partial charge on any atom is -0.361 e. The van der Waals surface area contributed by atoms with Crippen LogP contribution in [0.3, 0.4) is 0 Å². The predicted octanol–water partition coefficient (Wildman–Crippen LogP) is 1.48. The first-order valence-corrected chi connectivity index (χ1v) is 5.54. The van der Waals surface area contributed by atoms with Crippen molar-refractivity contribution in [3.8, 4) is 11.4 Å². The third kappa shape index (κ3) is 1.67. The maximum absolute atomic E-state index is 4.46. The molecule has 3 aromatic heterocycles. The average molecular weight is 240 g/mol. The molecule has 3 heterocycles. The van der Waals surface area contributed by atoms with Crippen LogP contribution in [0.5, 0.6) is 0 Å². The molecule has 0 unspecified atom stereocenters. The van der Waals surface area contributed by atoms with Crippen LogP contribution < -0.4 is 4.90 Å². The minimum absolute atomic E-state index is 0.667. The number of aromatic amines is 1. The Balaban J connectivity index is 2.20. The zero-order chi connectivity index (χ0) is 12.5. The molecule has 3 rings (SSSR count). The van der Waals surface area contributed by atoms with Crippen LogP contribution in [0.25, 0.3) is 22.6 Å². The highest BCUT2D eigenvalue weighted by molar-refractivity contribution is 5.85. The number of rotatable bonds is 2. The van der Waals surface area contributed by atoms with Gasteiger partial charge in [0.1, 0.15) is 17.7 Å². The molecule has 0 aliphatic carbocycles. The Morgan fingerprint density at radius 3 is 2.61 bits per heavy atom. The van der Waals surface area contributed by atoms with Crippen molar-refractivity contribution in [3.63, 3.8) is 0 Å². The summed E-state index contributed by atoms with van der Waals surface area (Å²) >= 11 is 0. The number of hydrogen-bond donors (Lipinski definition) is 1. The second-order valence-electron chi connectivity index (χ2n) is 4.11. The summed E-state index contributed by atoms with van der Waals surface area (Å²) in [5.74, 6) is 1.60. The van der Waals surface area contributed by atoms with Crippen LogP contribution in [0.4, 0.5) is 5.82 Å². The Labute approximate surface area is 104 Å². The molecule has 0 aliphatic heterocycles. The lowest BCUT2D eigenvalue weighted by molar-refractivity contribution is 1.06. The van der Waals surface area contributed by atoms with Crippen molar-refractivity contribution in [1.82, 2.24) is 24.9 Å². The molecule has 0 bridgehead atoms. The monoisotopic (exact) mass is 240 g/mol. The molecule has 18 heavy (non-hydrogen) atoms. The molecule has 3 aromatic rings. The third-order valence-electron chi connectivity index (χ3n) is 2.65. The number of hydrogen-bond acceptors (Lipinski definition) is 5. The summed E-state index contributed by atoms with van der Waals surface area (Å²) in [7, 11) is 3.88. The van der Waals surface area contributed by atoms with Gasteiger partial charge in [0.2, 0.25) is 0 Å². The van der Waals surface area contributed by atoms with E-state index in [-0.39, 0.29) is 0 Å². The maximum Gasteiger partial charge on any atom is 0.183 e. The molecule has 0 saturated carbocycles. The Kier molecular flexibility index (Phi) is 2.40. The molecule has 0 saturated heterocycles. The van der Waals surface area contributed by atoms with Gasteiger partial charge < -0.3 is 9.88 Å². The molecule has 90 valence electrons. The standard InChI is InChI=1S/C12H12N6/c1-18(2)12-9-11(14-7-15-12)17-10(16-9)8-3-5-13-6-4-8/h3-7H,1-2H3,(H,14,15,16,17). The first-order chi connectivity index (χ1) is 8.75. The number of aromatic nitrogens is 5. The van der Waals surface area contributed by atoms with Gasteiger partial charge in [0.25, 0.3) is 0 Å². The number of anilines is 1. The van der Waals surface area contributed by atoms with Crippen LogP contribution in [0.2, 0.25) is 0 Å². The van der Waals surface area contributed by atoms with E-state index in [1.165, 1.54) is 6.33 Å². The van der Waals surface area contributed by atoms with Crippen LogP contribution in [-0.2, 0) is 0 Å². The summed E-state index contributed by atoms with van der Waals surface area (Å²) in [6, 6.07) is 3.81. The van der Waals surface area contributed by atoms with Gasteiger partial charge in [-0.25, -0.2) is 15.0 Å². The molecule has 6 nitrogen and oxygen atoms in total. The lowest BCUT2D eigenvalue weighted by Gasteiger charge is -2.10. The molecule has 0 atom stereocenters. The van der Waals surface area contributed by atoms with E-state index in [1.807, 2.05) is 31.1 Å². The van der Waals surface area contributed by atoms with E-state index in [0.29, 0.717) is 5.65 Å². The van der Waals surface area contributed by atoms with Crippen molar-refractivity contribution in [1.29, 1.82) is 0 Å². The van der Waals surface area contributed by atoms with E-state index < -0.39 is 0 Å². The Morgan fingerprint density at radius 2 is 1.89 bits per heavy atom. The van der Waals surface area contributed by atoms with Gasteiger partial charge in [-0.3, -0.25) is 4.98 Å². The van der Waals surface area contributed by atoms with E-state index in [4.69, 9.17) is 0 Å². The lowest BCUT2D eigenvalue weighted by Crippen LogP contribution is -2.11. The average Bonchev–Trinajstić information content (AvgIpc) is 2.83. The molecule has 0 fully saturated rings. The van der Waals surface area contributed by atoms with Gasteiger partial charge in [-0.1, -0.05) is 0 Å². The quantitative estimate of drug-likeness (QED) is 0.734. The smallest absolute Gasteiger partial charge is 0.183 e. The topological polar surface area (TPSA) is 70.6 Å². The Bertz CT molecular complexity index is 673. The van der Waals surface area contributed by atoms with Crippen LogP contribution in [0.1, 0.15) is 0 Å². The van der Waals surface area contributed by atoms with Gasteiger partial charge in [-0.2, -0.15) is 0 Å². The number of nitrogens with zero attached hydrogens (tertiary/aromatic N) is 5. The van der Waals surface area contributed by atoms with Gasteiger partial charge in [-0.05, 0) is 12.1 Å². The van der Waals surface area contributed by atoms with Crippen molar-refractivity contribution >= 4 is 17.0 Å². The van der Waals surface area contributed by atoms with Gasteiger partial charge in [0.15, 0.2) is 11.5 Å². The van der Waals surface area contributed by atoms with Crippen LogP contribution in [0.15, 0.2) is 30.9 Å². The van der Waals surface area contributed by atoms with Crippen LogP contribution in [-0.4, -0.2) is 39.0 Å². The van der Waals surface area contributed by atoms with Crippen molar-refractivity contribution in [3.05, 3.63) is 30.9 Å². The highest BCUT2D eigenvalue weighted by Gasteiger charge is 2.11. The summed E-state index contributed by atoms with van der Waals surface area (Å²) < 4.78 is 0. The van der Waals surface area contributed by atoms with E-state index in [0.717, 1.165) is 22.7 Å². The highest BCUT2D eigenvalue weighted by Crippen LogP contribution is 2.23. The van der Waals surface area contributed by atoms with Crippen molar-refractivity contribution in [2.24, 2.45) is 0 Å². The molecule has 1 N–H and O–H groups in total. The van der Waals surface area contributed by atoms with Crippen molar-refractivity contribution in [2.45, 2.75) is 0 Å². The summed E-state index contributed by atoms with van der Waals surface area (Å²) in [4.78, 5) is 22.1. The first-order valence-electron chi connectivity index (χ1n) is 5.54.